The Morgan fingerprint density at radius 2 is 2.00 bits per heavy atom. The second kappa shape index (κ2) is 8.66. The molecule has 0 aliphatic rings. The summed E-state index contributed by atoms with van der Waals surface area (Å²) < 4.78 is 0. The second-order valence-corrected chi connectivity index (χ2v) is 7.54. The summed E-state index contributed by atoms with van der Waals surface area (Å²) in [6.45, 7) is 6.44. The van der Waals surface area contributed by atoms with E-state index < -0.39 is 0 Å². The van der Waals surface area contributed by atoms with E-state index in [2.05, 4.69) is 5.32 Å². The van der Waals surface area contributed by atoms with Crippen LogP contribution in [0.4, 0.5) is 0 Å². The molecule has 0 saturated heterocycles. The highest BCUT2D eigenvalue weighted by atomic mass is 35.5. The number of halogens is 1. The number of thioether (sulfide) groups is 1. The smallest absolute Gasteiger partial charge is 0.230 e. The van der Waals surface area contributed by atoms with Gasteiger partial charge in [-0.05, 0) is 36.5 Å². The zero-order chi connectivity index (χ0) is 15.9. The van der Waals surface area contributed by atoms with Crippen molar-refractivity contribution in [3.05, 3.63) is 34.9 Å². The molecule has 0 fully saturated rings. The van der Waals surface area contributed by atoms with Gasteiger partial charge >= 0.3 is 0 Å². The molecule has 0 unspecified atom stereocenters. The van der Waals surface area contributed by atoms with E-state index in [1.165, 1.54) is 0 Å². The maximum Gasteiger partial charge on any atom is 0.230 e. The molecule has 1 aromatic carbocycles. The zero-order valence-electron chi connectivity index (χ0n) is 12.9. The van der Waals surface area contributed by atoms with Gasteiger partial charge in [-0.1, -0.05) is 37.6 Å². The maximum absolute atomic E-state index is 11.8. The first-order valence-corrected chi connectivity index (χ1v) is 8.59. The Bertz CT molecular complexity index is 446. The predicted octanol–water partition coefficient (Wildman–Crippen LogP) is 3.49. The Morgan fingerprint density at radius 3 is 2.57 bits per heavy atom. The van der Waals surface area contributed by atoms with Crippen LogP contribution in [0.15, 0.2) is 24.3 Å². The van der Waals surface area contributed by atoms with E-state index in [4.69, 9.17) is 11.6 Å². The largest absolute Gasteiger partial charge is 0.393 e. The van der Waals surface area contributed by atoms with Crippen LogP contribution in [0.2, 0.25) is 5.02 Å². The van der Waals surface area contributed by atoms with Gasteiger partial charge in [0.25, 0.3) is 0 Å². The quantitative estimate of drug-likeness (QED) is 0.767. The predicted molar refractivity (Wildman–Crippen MR) is 90.7 cm³/mol. The van der Waals surface area contributed by atoms with Gasteiger partial charge in [-0.15, -0.1) is 11.8 Å². The molecule has 0 saturated carbocycles. The Labute approximate surface area is 136 Å². The number of nitrogens with one attached hydrogen (secondary N) is 1. The van der Waals surface area contributed by atoms with Gasteiger partial charge in [0.2, 0.25) is 5.91 Å². The monoisotopic (exact) mass is 329 g/mol. The van der Waals surface area contributed by atoms with Crippen LogP contribution in [0.1, 0.15) is 32.8 Å². The highest BCUT2D eigenvalue weighted by molar-refractivity contribution is 7.99. The van der Waals surface area contributed by atoms with E-state index in [9.17, 15) is 9.90 Å². The summed E-state index contributed by atoms with van der Waals surface area (Å²) in [4.78, 5) is 11.8. The molecular weight excluding hydrogens is 306 g/mol. The molecule has 0 radical (unpaired) electrons. The summed E-state index contributed by atoms with van der Waals surface area (Å²) in [7, 11) is 0. The molecule has 0 aliphatic carbocycles. The van der Waals surface area contributed by atoms with Gasteiger partial charge < -0.3 is 10.4 Å². The fourth-order valence-electron chi connectivity index (χ4n) is 2.10. The number of rotatable bonds is 8. The van der Waals surface area contributed by atoms with Crippen LogP contribution in [0.25, 0.3) is 0 Å². The number of benzene rings is 1. The van der Waals surface area contributed by atoms with Gasteiger partial charge in [0.05, 0.1) is 11.9 Å². The van der Waals surface area contributed by atoms with Crippen LogP contribution in [-0.2, 0) is 10.5 Å². The molecule has 21 heavy (non-hydrogen) atoms. The van der Waals surface area contributed by atoms with Gasteiger partial charge in [-0.3, -0.25) is 4.79 Å². The third-order valence-electron chi connectivity index (χ3n) is 3.03. The average molecular weight is 330 g/mol. The lowest BCUT2D eigenvalue weighted by Gasteiger charge is -2.26. The van der Waals surface area contributed by atoms with Gasteiger partial charge in [0, 0.05) is 17.3 Å². The van der Waals surface area contributed by atoms with Crippen LogP contribution >= 0.6 is 23.4 Å². The molecule has 1 amide bonds. The molecule has 1 aromatic rings. The Hall–Kier alpha value is -0.710. The summed E-state index contributed by atoms with van der Waals surface area (Å²) >= 11 is 7.41. The maximum atomic E-state index is 11.8. The number of aliphatic hydroxyl groups is 1. The molecule has 2 N–H and O–H groups in total. The van der Waals surface area contributed by atoms with Crippen LogP contribution in [0.5, 0.6) is 0 Å². The highest BCUT2D eigenvalue weighted by Gasteiger charge is 2.20. The first kappa shape index (κ1) is 18.3. The van der Waals surface area contributed by atoms with Crippen molar-refractivity contribution in [3.8, 4) is 0 Å². The van der Waals surface area contributed by atoms with Crippen molar-refractivity contribution in [1.29, 1.82) is 0 Å². The fourth-order valence-corrected chi connectivity index (χ4v) is 3.05. The van der Waals surface area contributed by atoms with Gasteiger partial charge in [-0.25, -0.2) is 0 Å². The lowest BCUT2D eigenvalue weighted by Crippen LogP contribution is -2.36. The summed E-state index contributed by atoms with van der Waals surface area (Å²) in [5, 5.41) is 13.1. The molecular formula is C16H24ClNO2S. The van der Waals surface area contributed by atoms with Crippen molar-refractivity contribution < 1.29 is 9.90 Å². The summed E-state index contributed by atoms with van der Waals surface area (Å²) in [5.74, 6) is 1.27. The van der Waals surface area contributed by atoms with E-state index in [-0.39, 0.29) is 17.4 Å². The first-order chi connectivity index (χ1) is 9.78. The molecule has 1 atom stereocenters. The second-order valence-electron chi connectivity index (χ2n) is 6.11. The summed E-state index contributed by atoms with van der Waals surface area (Å²) in [6.07, 6.45) is 0.321. The van der Waals surface area contributed by atoms with Gasteiger partial charge in [-0.2, -0.15) is 0 Å². The van der Waals surface area contributed by atoms with E-state index in [1.54, 1.807) is 18.7 Å². The lowest BCUT2D eigenvalue weighted by molar-refractivity contribution is -0.119. The van der Waals surface area contributed by atoms with E-state index in [0.717, 1.165) is 16.3 Å². The van der Waals surface area contributed by atoms with Crippen LogP contribution < -0.4 is 5.32 Å². The summed E-state index contributed by atoms with van der Waals surface area (Å²) in [6, 6.07) is 7.66. The molecule has 0 bridgehead atoms. The Morgan fingerprint density at radius 1 is 1.38 bits per heavy atom. The third-order valence-corrected chi connectivity index (χ3v) is 4.28. The number of aliphatic hydroxyl groups excluding tert-OH is 1. The third kappa shape index (κ3) is 8.34. The summed E-state index contributed by atoms with van der Waals surface area (Å²) in [5.41, 5.74) is 1.07. The SMILES string of the molecule is C[C@H](O)CC(C)(C)CNC(=O)CSCc1ccc(Cl)cc1. The lowest BCUT2D eigenvalue weighted by atomic mass is 9.87. The molecule has 0 aromatic heterocycles. The number of amides is 1. The number of hydrogen-bond acceptors (Lipinski definition) is 3. The standard InChI is InChI=1S/C16H24ClNO2S/c1-12(19)8-16(2,3)11-18-15(20)10-21-9-13-4-6-14(17)7-5-13/h4-7,12,19H,8-11H2,1-3H3,(H,18,20)/t12-/m0/s1. The van der Waals surface area contributed by atoms with E-state index >= 15 is 0 Å². The first-order valence-electron chi connectivity index (χ1n) is 7.05. The van der Waals surface area contributed by atoms with Crippen molar-refractivity contribution >= 4 is 29.3 Å². The number of hydrogen-bond donors (Lipinski definition) is 2. The number of carbonyl (C=O) groups excluding carboxylic acids is 1. The average Bonchev–Trinajstić information content (AvgIpc) is 2.37. The minimum Gasteiger partial charge on any atom is -0.393 e. The topological polar surface area (TPSA) is 49.3 Å². The fraction of sp³-hybridized carbons (Fsp3) is 0.562. The van der Waals surface area contributed by atoms with Crippen molar-refractivity contribution in [2.24, 2.45) is 5.41 Å². The van der Waals surface area contributed by atoms with Crippen molar-refractivity contribution in [3.63, 3.8) is 0 Å². The Kier molecular flexibility index (Phi) is 7.57. The van der Waals surface area contributed by atoms with Crippen molar-refractivity contribution in [1.82, 2.24) is 5.32 Å². The highest BCUT2D eigenvalue weighted by Crippen LogP contribution is 2.21. The van der Waals surface area contributed by atoms with Crippen LogP contribution in [-0.4, -0.2) is 29.4 Å². The molecule has 1 rings (SSSR count). The van der Waals surface area contributed by atoms with E-state index in [1.807, 2.05) is 38.1 Å². The van der Waals surface area contributed by atoms with Crippen molar-refractivity contribution in [2.75, 3.05) is 12.3 Å². The molecule has 0 aliphatic heterocycles. The Balaban J connectivity index is 2.23. The molecule has 5 heteroatoms. The van der Waals surface area contributed by atoms with E-state index in [0.29, 0.717) is 18.7 Å². The van der Waals surface area contributed by atoms with Crippen LogP contribution in [0.3, 0.4) is 0 Å². The van der Waals surface area contributed by atoms with Gasteiger partial charge in [0.1, 0.15) is 0 Å². The molecule has 0 spiro atoms. The normalized spacial score (nSPS) is 13.0. The van der Waals surface area contributed by atoms with Gasteiger partial charge in [0.15, 0.2) is 0 Å². The molecule has 3 nitrogen and oxygen atoms in total. The minimum absolute atomic E-state index is 0.0348. The van der Waals surface area contributed by atoms with Crippen LogP contribution in [0, 0.1) is 5.41 Å². The zero-order valence-corrected chi connectivity index (χ0v) is 14.4. The minimum atomic E-state index is -0.351. The van der Waals surface area contributed by atoms with Crippen molar-refractivity contribution in [2.45, 2.75) is 39.0 Å². The number of carbonyl (C=O) groups is 1. The molecule has 118 valence electrons. The molecule has 0 heterocycles.